The second-order valence-corrected chi connectivity index (χ2v) is 7.51. The zero-order valence-electron chi connectivity index (χ0n) is 15.6. The molecule has 0 atom stereocenters. The molecule has 2 aromatic carbocycles. The molecular weight excluding hydrogens is 377 g/mol. The molecule has 2 amide bonds. The average Bonchev–Trinajstić information content (AvgIpc) is 3.01. The molecule has 0 saturated carbocycles. The van der Waals surface area contributed by atoms with Crippen molar-refractivity contribution in [3.05, 3.63) is 81.1 Å². The Balaban J connectivity index is 1.59. The van der Waals surface area contributed by atoms with E-state index in [0.717, 1.165) is 11.1 Å². The summed E-state index contributed by atoms with van der Waals surface area (Å²) in [5.41, 5.74) is 3.14. The fourth-order valence-corrected chi connectivity index (χ4v) is 3.60. The zero-order valence-corrected chi connectivity index (χ0v) is 16.4. The SMILES string of the molecule is Cc1ccc(CNC(=O)c2sc(CC(=O)Nc3cccc(F)c3)nc2C)cc1. The highest BCUT2D eigenvalue weighted by Gasteiger charge is 2.17. The highest BCUT2D eigenvalue weighted by Crippen LogP contribution is 2.19. The lowest BCUT2D eigenvalue weighted by Gasteiger charge is -2.04. The topological polar surface area (TPSA) is 71.1 Å². The molecule has 28 heavy (non-hydrogen) atoms. The Labute approximate surface area is 166 Å². The number of hydrogen-bond acceptors (Lipinski definition) is 4. The van der Waals surface area contributed by atoms with Gasteiger partial charge in [0.05, 0.1) is 12.1 Å². The monoisotopic (exact) mass is 397 g/mol. The number of nitrogens with one attached hydrogen (secondary N) is 2. The predicted molar refractivity (Wildman–Crippen MR) is 108 cm³/mol. The molecule has 5 nitrogen and oxygen atoms in total. The first-order chi connectivity index (χ1) is 13.4. The van der Waals surface area contributed by atoms with Crippen LogP contribution in [0.5, 0.6) is 0 Å². The van der Waals surface area contributed by atoms with Gasteiger partial charge < -0.3 is 10.6 Å². The first kappa shape index (κ1) is 19.7. The maximum Gasteiger partial charge on any atom is 0.263 e. The van der Waals surface area contributed by atoms with E-state index in [9.17, 15) is 14.0 Å². The number of carbonyl (C=O) groups is 2. The van der Waals surface area contributed by atoms with Gasteiger partial charge in [-0.05, 0) is 37.6 Å². The number of nitrogens with zero attached hydrogens (tertiary/aromatic N) is 1. The third kappa shape index (κ3) is 5.23. The summed E-state index contributed by atoms with van der Waals surface area (Å²) in [5.74, 6) is -0.950. The van der Waals surface area contributed by atoms with E-state index in [0.29, 0.717) is 27.8 Å². The van der Waals surface area contributed by atoms with Crippen molar-refractivity contribution >= 4 is 28.8 Å². The Morgan fingerprint density at radius 3 is 2.57 bits per heavy atom. The molecule has 3 rings (SSSR count). The molecule has 0 bridgehead atoms. The molecule has 0 aliphatic rings. The van der Waals surface area contributed by atoms with Gasteiger partial charge >= 0.3 is 0 Å². The molecule has 0 unspecified atom stereocenters. The molecule has 0 radical (unpaired) electrons. The fourth-order valence-electron chi connectivity index (χ4n) is 2.62. The quantitative estimate of drug-likeness (QED) is 0.660. The van der Waals surface area contributed by atoms with Crippen molar-refractivity contribution in [2.45, 2.75) is 26.8 Å². The van der Waals surface area contributed by atoms with Gasteiger partial charge in [-0.15, -0.1) is 11.3 Å². The molecule has 7 heteroatoms. The van der Waals surface area contributed by atoms with Gasteiger partial charge in [0.25, 0.3) is 5.91 Å². The number of halogens is 1. The molecule has 0 aliphatic carbocycles. The third-order valence-electron chi connectivity index (χ3n) is 4.04. The second-order valence-electron chi connectivity index (χ2n) is 6.43. The first-order valence-electron chi connectivity index (χ1n) is 8.76. The third-order valence-corrected chi connectivity index (χ3v) is 5.20. The van der Waals surface area contributed by atoms with Crippen molar-refractivity contribution in [1.82, 2.24) is 10.3 Å². The van der Waals surface area contributed by atoms with Crippen molar-refractivity contribution in [3.63, 3.8) is 0 Å². The number of anilines is 1. The molecular formula is C21H20FN3O2S. The summed E-state index contributed by atoms with van der Waals surface area (Å²) in [5, 5.41) is 6.04. The van der Waals surface area contributed by atoms with Gasteiger partial charge in [-0.2, -0.15) is 0 Å². The van der Waals surface area contributed by atoms with Crippen molar-refractivity contribution in [2.24, 2.45) is 0 Å². The van der Waals surface area contributed by atoms with Crippen molar-refractivity contribution in [3.8, 4) is 0 Å². The van der Waals surface area contributed by atoms with E-state index < -0.39 is 5.82 Å². The number of benzene rings is 2. The predicted octanol–water partition coefficient (Wildman–Crippen LogP) is 4.01. The van der Waals surface area contributed by atoms with Gasteiger partial charge in [0.15, 0.2) is 0 Å². The van der Waals surface area contributed by atoms with E-state index in [4.69, 9.17) is 0 Å². The number of rotatable bonds is 6. The van der Waals surface area contributed by atoms with Crippen molar-refractivity contribution in [2.75, 3.05) is 5.32 Å². The minimum atomic E-state index is -0.421. The van der Waals surface area contributed by atoms with Gasteiger partial charge in [-0.3, -0.25) is 9.59 Å². The fraction of sp³-hybridized carbons (Fsp3) is 0.190. The van der Waals surface area contributed by atoms with Crippen molar-refractivity contribution < 1.29 is 14.0 Å². The summed E-state index contributed by atoms with van der Waals surface area (Å²) in [6, 6.07) is 13.6. The zero-order chi connectivity index (χ0) is 20.1. The normalized spacial score (nSPS) is 10.5. The Morgan fingerprint density at radius 2 is 1.86 bits per heavy atom. The van der Waals surface area contributed by atoms with Crippen LogP contribution in [-0.2, 0) is 17.8 Å². The molecule has 144 valence electrons. The lowest BCUT2D eigenvalue weighted by atomic mass is 10.1. The summed E-state index contributed by atoms with van der Waals surface area (Å²) in [7, 11) is 0. The van der Waals surface area contributed by atoms with Crippen LogP contribution in [0.1, 0.15) is 31.5 Å². The van der Waals surface area contributed by atoms with Crippen LogP contribution in [0.15, 0.2) is 48.5 Å². The van der Waals surface area contributed by atoms with Crippen LogP contribution in [0.4, 0.5) is 10.1 Å². The molecule has 0 fully saturated rings. The van der Waals surface area contributed by atoms with Gasteiger partial charge in [0, 0.05) is 12.2 Å². The number of hydrogen-bond donors (Lipinski definition) is 2. The highest BCUT2D eigenvalue weighted by molar-refractivity contribution is 7.13. The average molecular weight is 397 g/mol. The van der Waals surface area contributed by atoms with Crippen LogP contribution in [0.25, 0.3) is 0 Å². The van der Waals surface area contributed by atoms with E-state index in [1.807, 2.05) is 31.2 Å². The lowest BCUT2D eigenvalue weighted by molar-refractivity contribution is -0.115. The molecule has 1 heterocycles. The van der Waals surface area contributed by atoms with E-state index in [1.165, 1.54) is 29.5 Å². The molecule has 0 spiro atoms. The standard InChI is InChI=1S/C21H20FN3O2S/c1-13-6-8-15(9-7-13)12-23-21(27)20-14(2)24-19(28-20)11-18(26)25-17-5-3-4-16(22)10-17/h3-10H,11-12H2,1-2H3,(H,23,27)(H,25,26). The number of amides is 2. The second kappa shape index (κ2) is 8.75. The van der Waals surface area contributed by atoms with Gasteiger partial charge in [-0.25, -0.2) is 9.37 Å². The minimum absolute atomic E-state index is 0.0211. The minimum Gasteiger partial charge on any atom is -0.347 e. The molecule has 2 N–H and O–H groups in total. The van der Waals surface area contributed by atoms with Crippen LogP contribution >= 0.6 is 11.3 Å². The maximum absolute atomic E-state index is 13.2. The lowest BCUT2D eigenvalue weighted by Crippen LogP contribution is -2.22. The van der Waals surface area contributed by atoms with E-state index in [2.05, 4.69) is 15.6 Å². The number of aryl methyl sites for hydroxylation is 2. The Bertz CT molecular complexity index is 999. The number of aromatic nitrogens is 1. The van der Waals surface area contributed by atoms with Crippen LogP contribution in [0.2, 0.25) is 0 Å². The van der Waals surface area contributed by atoms with E-state index >= 15 is 0 Å². The van der Waals surface area contributed by atoms with Crippen LogP contribution in [0.3, 0.4) is 0 Å². The summed E-state index contributed by atoms with van der Waals surface area (Å²) in [6.07, 6.45) is 0.0211. The van der Waals surface area contributed by atoms with Gasteiger partial charge in [0.1, 0.15) is 15.7 Å². The summed E-state index contributed by atoms with van der Waals surface area (Å²) in [6.45, 7) is 4.17. The Kier molecular flexibility index (Phi) is 6.16. The van der Waals surface area contributed by atoms with E-state index in [1.54, 1.807) is 13.0 Å². The summed E-state index contributed by atoms with van der Waals surface area (Å²) >= 11 is 1.19. The number of carbonyl (C=O) groups excluding carboxylic acids is 2. The van der Waals surface area contributed by atoms with Crippen LogP contribution in [-0.4, -0.2) is 16.8 Å². The largest absolute Gasteiger partial charge is 0.347 e. The van der Waals surface area contributed by atoms with Crippen molar-refractivity contribution in [1.29, 1.82) is 0 Å². The van der Waals surface area contributed by atoms with E-state index in [-0.39, 0.29) is 18.2 Å². The van der Waals surface area contributed by atoms with Crippen LogP contribution in [0, 0.1) is 19.7 Å². The Morgan fingerprint density at radius 1 is 1.11 bits per heavy atom. The number of thiazole rings is 1. The highest BCUT2D eigenvalue weighted by atomic mass is 32.1. The molecule has 1 aromatic heterocycles. The molecule has 3 aromatic rings. The van der Waals surface area contributed by atoms with Gasteiger partial charge in [-0.1, -0.05) is 35.9 Å². The maximum atomic E-state index is 13.2. The Hall–Kier alpha value is -3.06. The molecule has 0 saturated heterocycles. The molecule has 0 aliphatic heterocycles. The van der Waals surface area contributed by atoms with Gasteiger partial charge in [0.2, 0.25) is 5.91 Å². The smallest absolute Gasteiger partial charge is 0.263 e. The van der Waals surface area contributed by atoms with Crippen LogP contribution < -0.4 is 10.6 Å². The summed E-state index contributed by atoms with van der Waals surface area (Å²) in [4.78, 5) is 29.4. The first-order valence-corrected chi connectivity index (χ1v) is 9.58. The summed E-state index contributed by atoms with van der Waals surface area (Å²) < 4.78 is 13.2.